The zero-order valence-electron chi connectivity index (χ0n) is 9.06. The monoisotopic (exact) mass is 227 g/mol. The first-order chi connectivity index (χ1) is 8.24. The molecule has 0 bridgehead atoms. The zero-order chi connectivity index (χ0) is 12.3. The van der Waals surface area contributed by atoms with Crippen LogP contribution in [0.2, 0.25) is 0 Å². The highest BCUT2D eigenvalue weighted by Gasteiger charge is 2.05. The standard InChI is InChI=1S/C11H9N5O/c1-13-11-14-3-2-9(16-11)8-4-7(5-12)10(17)15-6-8/h2-4,6H,1H3,(H,15,17)(H,13,14,16). The fraction of sp³-hybridized carbons (Fsp3) is 0.0909. The van der Waals surface area contributed by atoms with Crippen molar-refractivity contribution in [3.05, 3.63) is 40.4 Å². The molecule has 2 heterocycles. The Kier molecular flexibility index (Phi) is 2.83. The molecule has 6 heteroatoms. The molecule has 0 unspecified atom stereocenters. The summed E-state index contributed by atoms with van der Waals surface area (Å²) in [6.45, 7) is 0. The molecule has 0 spiro atoms. The second-order valence-corrected chi connectivity index (χ2v) is 3.26. The lowest BCUT2D eigenvalue weighted by atomic mass is 10.1. The summed E-state index contributed by atoms with van der Waals surface area (Å²) in [6.07, 6.45) is 3.12. The number of hydrogen-bond acceptors (Lipinski definition) is 5. The van der Waals surface area contributed by atoms with Gasteiger partial charge in [0.25, 0.3) is 5.56 Å². The van der Waals surface area contributed by atoms with E-state index in [-0.39, 0.29) is 5.56 Å². The zero-order valence-corrected chi connectivity index (χ0v) is 9.06. The quantitative estimate of drug-likeness (QED) is 0.789. The first-order valence-corrected chi connectivity index (χ1v) is 4.88. The number of anilines is 1. The summed E-state index contributed by atoms with van der Waals surface area (Å²) < 4.78 is 0. The summed E-state index contributed by atoms with van der Waals surface area (Å²) in [5.74, 6) is 0.479. The van der Waals surface area contributed by atoms with Crippen LogP contribution in [0.1, 0.15) is 5.56 Å². The van der Waals surface area contributed by atoms with Crippen molar-refractivity contribution in [3.8, 4) is 17.3 Å². The molecule has 0 saturated heterocycles. The van der Waals surface area contributed by atoms with Crippen LogP contribution in [0.25, 0.3) is 11.3 Å². The predicted octanol–water partition coefficient (Wildman–Crippen LogP) is 0.745. The minimum Gasteiger partial charge on any atom is -0.357 e. The van der Waals surface area contributed by atoms with Crippen LogP contribution in [-0.4, -0.2) is 22.0 Å². The Labute approximate surface area is 97.0 Å². The second kappa shape index (κ2) is 4.45. The van der Waals surface area contributed by atoms with Gasteiger partial charge in [-0.05, 0) is 12.1 Å². The number of rotatable bonds is 2. The molecule has 0 radical (unpaired) electrons. The molecule has 0 aliphatic carbocycles. The van der Waals surface area contributed by atoms with Crippen LogP contribution >= 0.6 is 0 Å². The van der Waals surface area contributed by atoms with E-state index in [0.717, 1.165) is 0 Å². The molecular formula is C11H9N5O. The van der Waals surface area contributed by atoms with E-state index in [1.807, 2.05) is 6.07 Å². The third kappa shape index (κ3) is 2.13. The number of nitrogens with zero attached hydrogens (tertiary/aromatic N) is 3. The lowest BCUT2D eigenvalue weighted by Gasteiger charge is -2.02. The van der Waals surface area contributed by atoms with E-state index < -0.39 is 5.56 Å². The van der Waals surface area contributed by atoms with Crippen LogP contribution in [0.3, 0.4) is 0 Å². The van der Waals surface area contributed by atoms with Crippen LogP contribution in [0, 0.1) is 11.3 Å². The van der Waals surface area contributed by atoms with Gasteiger partial charge in [0.05, 0.1) is 5.69 Å². The fourth-order valence-corrected chi connectivity index (χ4v) is 1.35. The molecule has 84 valence electrons. The minimum absolute atomic E-state index is 0.0621. The summed E-state index contributed by atoms with van der Waals surface area (Å²) in [7, 11) is 1.71. The van der Waals surface area contributed by atoms with Crippen molar-refractivity contribution in [2.45, 2.75) is 0 Å². The molecule has 0 saturated carbocycles. The molecular weight excluding hydrogens is 218 g/mol. The van der Waals surface area contributed by atoms with Crippen LogP contribution < -0.4 is 10.9 Å². The van der Waals surface area contributed by atoms with E-state index in [1.54, 1.807) is 19.3 Å². The van der Waals surface area contributed by atoms with E-state index in [0.29, 0.717) is 17.2 Å². The maximum Gasteiger partial charge on any atom is 0.265 e. The Bertz CT molecular complexity index is 641. The lowest BCUT2D eigenvalue weighted by molar-refractivity contribution is 1.14. The van der Waals surface area contributed by atoms with Gasteiger partial charge in [0.15, 0.2) is 0 Å². The van der Waals surface area contributed by atoms with E-state index in [4.69, 9.17) is 5.26 Å². The topological polar surface area (TPSA) is 94.5 Å². The fourth-order valence-electron chi connectivity index (χ4n) is 1.35. The minimum atomic E-state index is -0.404. The molecule has 0 aromatic carbocycles. The number of aromatic amines is 1. The molecule has 2 N–H and O–H groups in total. The largest absolute Gasteiger partial charge is 0.357 e. The van der Waals surface area contributed by atoms with Gasteiger partial charge in [-0.1, -0.05) is 0 Å². The van der Waals surface area contributed by atoms with Gasteiger partial charge in [0.2, 0.25) is 5.95 Å². The molecule has 6 nitrogen and oxygen atoms in total. The Morgan fingerprint density at radius 3 is 3.06 bits per heavy atom. The van der Waals surface area contributed by atoms with Gasteiger partial charge >= 0.3 is 0 Å². The van der Waals surface area contributed by atoms with E-state index in [9.17, 15) is 4.79 Å². The van der Waals surface area contributed by atoms with Crippen molar-refractivity contribution in [1.29, 1.82) is 5.26 Å². The second-order valence-electron chi connectivity index (χ2n) is 3.26. The van der Waals surface area contributed by atoms with Gasteiger partial charge in [0, 0.05) is 25.0 Å². The molecule has 2 aromatic heterocycles. The summed E-state index contributed by atoms with van der Waals surface area (Å²) >= 11 is 0. The van der Waals surface area contributed by atoms with Crippen molar-refractivity contribution >= 4 is 5.95 Å². The van der Waals surface area contributed by atoms with Gasteiger partial charge in [-0.15, -0.1) is 0 Å². The van der Waals surface area contributed by atoms with Gasteiger partial charge < -0.3 is 10.3 Å². The summed E-state index contributed by atoms with van der Waals surface area (Å²) in [6, 6.07) is 5.04. The Morgan fingerprint density at radius 1 is 1.53 bits per heavy atom. The van der Waals surface area contributed by atoms with Crippen molar-refractivity contribution in [3.63, 3.8) is 0 Å². The number of H-pyrrole nitrogens is 1. The number of pyridine rings is 1. The number of nitrogens with one attached hydrogen (secondary N) is 2. The molecule has 0 fully saturated rings. The summed E-state index contributed by atoms with van der Waals surface area (Å²) in [5.41, 5.74) is 0.961. The van der Waals surface area contributed by atoms with Crippen molar-refractivity contribution in [2.24, 2.45) is 0 Å². The number of aromatic nitrogens is 3. The van der Waals surface area contributed by atoms with E-state index >= 15 is 0 Å². The van der Waals surface area contributed by atoms with Gasteiger partial charge in [-0.3, -0.25) is 4.79 Å². The van der Waals surface area contributed by atoms with Crippen LogP contribution in [-0.2, 0) is 0 Å². The SMILES string of the molecule is CNc1nccc(-c2c[nH]c(=O)c(C#N)c2)n1. The Morgan fingerprint density at radius 2 is 2.35 bits per heavy atom. The molecule has 17 heavy (non-hydrogen) atoms. The van der Waals surface area contributed by atoms with E-state index in [2.05, 4.69) is 20.3 Å². The van der Waals surface area contributed by atoms with Crippen molar-refractivity contribution in [2.75, 3.05) is 12.4 Å². The first kappa shape index (κ1) is 10.8. The van der Waals surface area contributed by atoms with E-state index in [1.165, 1.54) is 12.3 Å². The van der Waals surface area contributed by atoms with Gasteiger partial charge in [0.1, 0.15) is 11.6 Å². The predicted molar refractivity (Wildman–Crippen MR) is 62.4 cm³/mol. The van der Waals surface area contributed by atoms with Crippen molar-refractivity contribution < 1.29 is 0 Å². The van der Waals surface area contributed by atoms with Crippen LogP contribution in [0.5, 0.6) is 0 Å². The molecule has 2 aromatic rings. The Hall–Kier alpha value is -2.68. The highest BCUT2D eigenvalue weighted by Crippen LogP contribution is 2.16. The molecule has 0 aliphatic heterocycles. The smallest absolute Gasteiger partial charge is 0.265 e. The lowest BCUT2D eigenvalue weighted by Crippen LogP contribution is -2.09. The average Bonchev–Trinajstić information content (AvgIpc) is 2.39. The van der Waals surface area contributed by atoms with Gasteiger partial charge in [-0.2, -0.15) is 5.26 Å². The maximum absolute atomic E-state index is 11.2. The highest BCUT2D eigenvalue weighted by atomic mass is 16.1. The molecule has 0 amide bonds. The normalized spacial score (nSPS) is 9.65. The van der Waals surface area contributed by atoms with Crippen LogP contribution in [0.15, 0.2) is 29.3 Å². The Balaban J connectivity index is 2.53. The molecule has 0 atom stereocenters. The van der Waals surface area contributed by atoms with Crippen LogP contribution in [0.4, 0.5) is 5.95 Å². The first-order valence-electron chi connectivity index (χ1n) is 4.88. The number of nitriles is 1. The third-order valence-electron chi connectivity index (χ3n) is 2.20. The summed E-state index contributed by atoms with van der Waals surface area (Å²) in [5, 5.41) is 11.6. The van der Waals surface area contributed by atoms with Gasteiger partial charge in [-0.25, -0.2) is 9.97 Å². The molecule has 0 aliphatic rings. The number of hydrogen-bond donors (Lipinski definition) is 2. The third-order valence-corrected chi connectivity index (χ3v) is 2.20. The van der Waals surface area contributed by atoms with Crippen molar-refractivity contribution in [1.82, 2.24) is 15.0 Å². The average molecular weight is 227 g/mol. The maximum atomic E-state index is 11.2. The summed E-state index contributed by atoms with van der Waals surface area (Å²) in [4.78, 5) is 21.9. The highest BCUT2D eigenvalue weighted by molar-refractivity contribution is 5.60. The molecule has 2 rings (SSSR count).